The zero-order valence-corrected chi connectivity index (χ0v) is 10.0. The van der Waals surface area contributed by atoms with E-state index in [9.17, 15) is 0 Å². The molecule has 0 saturated heterocycles. The van der Waals surface area contributed by atoms with Gasteiger partial charge < -0.3 is 5.73 Å². The summed E-state index contributed by atoms with van der Waals surface area (Å²) in [5.74, 6) is 0. The Morgan fingerprint density at radius 1 is 1.06 bits per heavy atom. The molecule has 3 heteroatoms. The highest BCUT2D eigenvalue weighted by molar-refractivity contribution is 5.55. The van der Waals surface area contributed by atoms with Gasteiger partial charge in [0.15, 0.2) is 0 Å². The second-order valence-electron chi connectivity index (χ2n) is 4.43. The molecule has 0 saturated carbocycles. The smallest absolute Gasteiger partial charge is 0.0709 e. The number of aromatic nitrogens is 2. The molecule has 1 atom stereocenters. The summed E-state index contributed by atoms with van der Waals surface area (Å²) in [5.41, 5.74) is 9.72. The van der Waals surface area contributed by atoms with Crippen molar-refractivity contribution < 1.29 is 0 Å². The van der Waals surface area contributed by atoms with Crippen LogP contribution in [0.4, 0.5) is 0 Å². The van der Waals surface area contributed by atoms with Gasteiger partial charge in [-0.05, 0) is 24.1 Å². The maximum Gasteiger partial charge on any atom is 0.0709 e. The first-order valence-electron chi connectivity index (χ1n) is 6.06. The van der Waals surface area contributed by atoms with Crippen LogP contribution in [0.2, 0.25) is 0 Å². The molecule has 0 amide bonds. The number of nitrogens with two attached hydrogens (primary N) is 1. The lowest BCUT2D eigenvalue weighted by Crippen LogP contribution is -2.13. The molecule has 0 bridgehead atoms. The lowest BCUT2D eigenvalue weighted by Gasteiger charge is -2.10. The lowest BCUT2D eigenvalue weighted by atomic mass is 10.0. The Morgan fingerprint density at radius 2 is 1.83 bits per heavy atom. The normalized spacial score (nSPS) is 12.7. The van der Waals surface area contributed by atoms with Crippen LogP contribution >= 0.6 is 0 Å². The van der Waals surface area contributed by atoms with Gasteiger partial charge in [0.25, 0.3) is 0 Å². The van der Waals surface area contributed by atoms with E-state index in [1.807, 2.05) is 53.3 Å². The summed E-state index contributed by atoms with van der Waals surface area (Å²) in [5, 5.41) is 4.32. The van der Waals surface area contributed by atoms with Crippen LogP contribution in [0.5, 0.6) is 0 Å². The van der Waals surface area contributed by atoms with Crippen molar-refractivity contribution in [3.05, 3.63) is 72.1 Å². The van der Waals surface area contributed by atoms with Crippen LogP contribution in [0.15, 0.2) is 60.9 Å². The summed E-state index contributed by atoms with van der Waals surface area (Å²) >= 11 is 0. The Labute approximate surface area is 106 Å². The molecule has 2 aromatic heterocycles. The first kappa shape index (κ1) is 11.0. The van der Waals surface area contributed by atoms with Crippen LogP contribution in [0.25, 0.3) is 5.52 Å². The fourth-order valence-electron chi connectivity index (χ4n) is 2.22. The Balaban J connectivity index is 1.90. The molecular formula is C15H15N3. The topological polar surface area (TPSA) is 43.3 Å². The molecule has 2 heterocycles. The van der Waals surface area contributed by atoms with E-state index < -0.39 is 0 Å². The molecule has 3 rings (SSSR count). The quantitative estimate of drug-likeness (QED) is 0.760. The van der Waals surface area contributed by atoms with Crippen LogP contribution in [0.1, 0.15) is 17.2 Å². The van der Waals surface area contributed by atoms with E-state index in [4.69, 9.17) is 5.73 Å². The van der Waals surface area contributed by atoms with Gasteiger partial charge >= 0.3 is 0 Å². The zero-order chi connectivity index (χ0) is 12.4. The van der Waals surface area contributed by atoms with Gasteiger partial charge in [0.2, 0.25) is 0 Å². The molecule has 3 aromatic rings. The molecular weight excluding hydrogens is 222 g/mol. The average Bonchev–Trinajstić information content (AvgIpc) is 2.84. The number of hydrogen-bond donors (Lipinski definition) is 1. The monoisotopic (exact) mass is 237 g/mol. The Morgan fingerprint density at radius 3 is 2.67 bits per heavy atom. The molecule has 90 valence electrons. The number of fused-ring (bicyclic) bond motifs is 1. The average molecular weight is 237 g/mol. The Hall–Kier alpha value is -2.13. The summed E-state index contributed by atoms with van der Waals surface area (Å²) in [4.78, 5) is 0. The van der Waals surface area contributed by atoms with E-state index >= 15 is 0 Å². The molecule has 3 nitrogen and oxygen atoms in total. The molecule has 0 aliphatic heterocycles. The van der Waals surface area contributed by atoms with Crippen molar-refractivity contribution in [2.24, 2.45) is 5.73 Å². The van der Waals surface area contributed by atoms with Gasteiger partial charge in [0.05, 0.1) is 11.7 Å². The van der Waals surface area contributed by atoms with E-state index in [1.165, 1.54) is 5.56 Å². The molecule has 2 N–H and O–H groups in total. The minimum Gasteiger partial charge on any atom is -0.324 e. The third-order valence-corrected chi connectivity index (χ3v) is 3.15. The summed E-state index contributed by atoms with van der Waals surface area (Å²) < 4.78 is 1.86. The van der Waals surface area contributed by atoms with E-state index in [-0.39, 0.29) is 6.04 Å². The minimum atomic E-state index is -0.0210. The van der Waals surface area contributed by atoms with E-state index in [0.29, 0.717) is 0 Å². The highest BCUT2D eigenvalue weighted by Crippen LogP contribution is 2.20. The van der Waals surface area contributed by atoms with Crippen LogP contribution in [-0.2, 0) is 6.42 Å². The molecule has 18 heavy (non-hydrogen) atoms. The molecule has 1 unspecified atom stereocenters. The number of nitrogens with zero attached hydrogens (tertiary/aromatic N) is 2. The van der Waals surface area contributed by atoms with Crippen molar-refractivity contribution in [1.29, 1.82) is 0 Å². The predicted octanol–water partition coefficient (Wildman–Crippen LogP) is 2.58. The highest BCUT2D eigenvalue weighted by Gasteiger charge is 2.12. The van der Waals surface area contributed by atoms with Gasteiger partial charge in [-0.15, -0.1) is 0 Å². The third-order valence-electron chi connectivity index (χ3n) is 3.15. The van der Waals surface area contributed by atoms with Crippen molar-refractivity contribution in [3.63, 3.8) is 0 Å². The fourth-order valence-corrected chi connectivity index (χ4v) is 2.22. The van der Waals surface area contributed by atoms with E-state index in [0.717, 1.165) is 17.5 Å². The predicted molar refractivity (Wildman–Crippen MR) is 72.3 cm³/mol. The van der Waals surface area contributed by atoms with Crippen LogP contribution in [-0.4, -0.2) is 9.61 Å². The Bertz CT molecular complexity index is 643. The maximum absolute atomic E-state index is 6.28. The van der Waals surface area contributed by atoms with Gasteiger partial charge in [0, 0.05) is 17.8 Å². The highest BCUT2D eigenvalue weighted by atomic mass is 15.2. The molecule has 0 fully saturated rings. The third kappa shape index (κ3) is 2.00. The lowest BCUT2D eigenvalue weighted by molar-refractivity contribution is 0.727. The minimum absolute atomic E-state index is 0.0210. The number of hydrogen-bond acceptors (Lipinski definition) is 2. The van der Waals surface area contributed by atoms with Crippen LogP contribution < -0.4 is 5.73 Å². The number of benzene rings is 1. The van der Waals surface area contributed by atoms with Gasteiger partial charge in [-0.1, -0.05) is 36.4 Å². The van der Waals surface area contributed by atoms with Crippen molar-refractivity contribution >= 4 is 5.52 Å². The van der Waals surface area contributed by atoms with Crippen molar-refractivity contribution in [2.75, 3.05) is 0 Å². The van der Waals surface area contributed by atoms with E-state index in [2.05, 4.69) is 17.2 Å². The van der Waals surface area contributed by atoms with Crippen LogP contribution in [0.3, 0.4) is 0 Å². The van der Waals surface area contributed by atoms with Gasteiger partial charge in [0.1, 0.15) is 0 Å². The molecule has 0 aliphatic carbocycles. The van der Waals surface area contributed by atoms with Crippen LogP contribution in [0, 0.1) is 0 Å². The van der Waals surface area contributed by atoms with Crippen molar-refractivity contribution in [2.45, 2.75) is 12.5 Å². The molecule has 0 radical (unpaired) electrons. The van der Waals surface area contributed by atoms with Crippen molar-refractivity contribution in [1.82, 2.24) is 9.61 Å². The summed E-state index contributed by atoms with van der Waals surface area (Å²) in [6.07, 6.45) is 4.63. The number of pyridine rings is 1. The van der Waals surface area contributed by atoms with E-state index in [1.54, 1.807) is 0 Å². The van der Waals surface area contributed by atoms with Crippen molar-refractivity contribution in [3.8, 4) is 0 Å². The molecule has 0 spiro atoms. The van der Waals surface area contributed by atoms with Gasteiger partial charge in [-0.25, -0.2) is 4.52 Å². The standard InChI is InChI=1S/C15H15N3/c16-14(10-12-6-2-1-3-7-12)13-11-17-18-9-5-4-8-15(13)18/h1-9,11,14H,10,16H2. The fraction of sp³-hybridized carbons (Fsp3) is 0.133. The first-order chi connectivity index (χ1) is 8.84. The van der Waals surface area contributed by atoms with Gasteiger partial charge in [-0.2, -0.15) is 5.10 Å². The second-order valence-corrected chi connectivity index (χ2v) is 4.43. The zero-order valence-electron chi connectivity index (χ0n) is 10.0. The summed E-state index contributed by atoms with van der Waals surface area (Å²) in [6.45, 7) is 0. The SMILES string of the molecule is NC(Cc1ccccc1)c1cnn2ccccc12. The molecule has 1 aromatic carbocycles. The van der Waals surface area contributed by atoms with Gasteiger partial charge in [-0.3, -0.25) is 0 Å². The molecule has 0 aliphatic rings. The summed E-state index contributed by atoms with van der Waals surface area (Å²) in [6, 6.07) is 16.3. The Kier molecular flexibility index (Phi) is 2.82. The second kappa shape index (κ2) is 4.63. The summed E-state index contributed by atoms with van der Waals surface area (Å²) in [7, 11) is 0. The first-order valence-corrected chi connectivity index (χ1v) is 6.06. The largest absolute Gasteiger partial charge is 0.324 e. The maximum atomic E-state index is 6.28. The number of rotatable bonds is 3.